The summed E-state index contributed by atoms with van der Waals surface area (Å²) in [4.78, 5) is 36.6. The summed E-state index contributed by atoms with van der Waals surface area (Å²) in [5.74, 6) is -0.874. The van der Waals surface area contributed by atoms with E-state index in [0.29, 0.717) is 10.8 Å². The van der Waals surface area contributed by atoms with E-state index in [1.165, 1.54) is 18.3 Å². The van der Waals surface area contributed by atoms with Gasteiger partial charge >= 0.3 is 11.9 Å². The smallest absolute Gasteiger partial charge is 0.333 e. The minimum Gasteiger partial charge on any atom is -0.462 e. The van der Waals surface area contributed by atoms with Crippen LogP contribution in [0.4, 0.5) is 0 Å². The lowest BCUT2D eigenvalue weighted by molar-refractivity contribution is -0.142. The van der Waals surface area contributed by atoms with Crippen LogP contribution in [0.2, 0.25) is 0 Å². The number of hydrogen-bond acceptors (Lipinski definition) is 6. The first-order valence-corrected chi connectivity index (χ1v) is 9.74. The van der Waals surface area contributed by atoms with Gasteiger partial charge < -0.3 is 9.47 Å². The van der Waals surface area contributed by atoms with Crippen LogP contribution < -0.4 is 10.2 Å². The maximum atomic E-state index is 13.0. The summed E-state index contributed by atoms with van der Waals surface area (Å²) < 4.78 is 12.1. The zero-order valence-electron chi connectivity index (χ0n) is 15.7. The monoisotopic (exact) mass is 396 g/mol. The van der Waals surface area contributed by atoms with Crippen LogP contribution >= 0.6 is 11.3 Å². The standard InChI is InChI=1S/C22H20O5S/c1-4-14-11-16(27-19(23)9-10-26-22(25)13(2)3)20-18(12-14)28-17-8-6-5-7-15(17)21(20)24/h5-8,11-12H,2,4,9-10H2,1,3H3. The molecule has 1 heterocycles. The second kappa shape index (κ2) is 8.35. The summed E-state index contributed by atoms with van der Waals surface area (Å²) >= 11 is 1.49. The summed E-state index contributed by atoms with van der Waals surface area (Å²) in [6, 6.07) is 11.1. The molecule has 0 radical (unpaired) electrons. The van der Waals surface area contributed by atoms with Crippen LogP contribution in [-0.4, -0.2) is 18.5 Å². The van der Waals surface area contributed by atoms with E-state index in [1.807, 2.05) is 31.2 Å². The molecule has 3 rings (SSSR count). The summed E-state index contributed by atoms with van der Waals surface area (Å²) in [5.41, 5.74) is 1.07. The normalized spacial score (nSPS) is 10.8. The number of esters is 2. The molecule has 0 fully saturated rings. The number of hydrogen-bond donors (Lipinski definition) is 0. The van der Waals surface area contributed by atoms with Gasteiger partial charge in [-0.05, 0) is 43.2 Å². The Morgan fingerprint density at radius 1 is 1.14 bits per heavy atom. The summed E-state index contributed by atoms with van der Waals surface area (Å²) in [7, 11) is 0. The van der Waals surface area contributed by atoms with E-state index in [9.17, 15) is 14.4 Å². The third-order valence-corrected chi connectivity index (χ3v) is 5.34. The van der Waals surface area contributed by atoms with Crippen molar-refractivity contribution in [3.8, 4) is 5.75 Å². The molecule has 3 aromatic rings. The van der Waals surface area contributed by atoms with E-state index >= 15 is 0 Å². The van der Waals surface area contributed by atoms with Crippen molar-refractivity contribution in [2.24, 2.45) is 0 Å². The van der Waals surface area contributed by atoms with E-state index in [1.54, 1.807) is 12.1 Å². The van der Waals surface area contributed by atoms with Gasteiger partial charge in [-0.25, -0.2) is 4.79 Å². The molecule has 6 heteroatoms. The molecule has 0 aliphatic carbocycles. The first-order valence-electron chi connectivity index (χ1n) is 8.92. The Bertz CT molecular complexity index is 1140. The fourth-order valence-corrected chi connectivity index (χ4v) is 3.91. The van der Waals surface area contributed by atoms with Crippen LogP contribution in [0, 0.1) is 0 Å². The Morgan fingerprint density at radius 2 is 1.89 bits per heavy atom. The van der Waals surface area contributed by atoms with Gasteiger partial charge in [-0.1, -0.05) is 25.6 Å². The molecule has 0 unspecified atom stereocenters. The Hall–Kier alpha value is -2.99. The molecular weight excluding hydrogens is 376 g/mol. The quantitative estimate of drug-likeness (QED) is 0.267. The predicted octanol–water partition coefficient (Wildman–Crippen LogP) is 4.39. The summed E-state index contributed by atoms with van der Waals surface area (Å²) in [6.07, 6.45) is 0.631. The number of rotatable bonds is 6. The molecule has 0 atom stereocenters. The Balaban J connectivity index is 1.94. The van der Waals surface area contributed by atoms with E-state index in [-0.39, 0.29) is 29.8 Å². The van der Waals surface area contributed by atoms with Crippen LogP contribution in [0.15, 0.2) is 53.3 Å². The lowest BCUT2D eigenvalue weighted by Crippen LogP contribution is -2.15. The molecule has 0 aliphatic heterocycles. The fourth-order valence-electron chi connectivity index (χ4n) is 2.75. The van der Waals surface area contributed by atoms with Gasteiger partial charge in [0.1, 0.15) is 12.4 Å². The molecule has 0 amide bonds. The number of aryl methyl sites for hydroxylation is 1. The molecule has 2 aromatic carbocycles. The van der Waals surface area contributed by atoms with Crippen molar-refractivity contribution >= 4 is 43.4 Å². The Morgan fingerprint density at radius 3 is 2.61 bits per heavy atom. The molecule has 0 bridgehead atoms. The third-order valence-electron chi connectivity index (χ3n) is 4.22. The van der Waals surface area contributed by atoms with Crippen molar-refractivity contribution in [2.75, 3.05) is 6.61 Å². The van der Waals surface area contributed by atoms with Gasteiger partial charge in [0, 0.05) is 20.4 Å². The average Bonchev–Trinajstić information content (AvgIpc) is 2.67. The lowest BCUT2D eigenvalue weighted by atomic mass is 10.1. The number of fused-ring (bicyclic) bond motifs is 2. The van der Waals surface area contributed by atoms with Crippen LogP contribution in [0.1, 0.15) is 25.8 Å². The summed E-state index contributed by atoms with van der Waals surface area (Å²) in [5, 5.41) is 0.991. The van der Waals surface area contributed by atoms with Gasteiger partial charge in [-0.3, -0.25) is 9.59 Å². The molecule has 144 valence electrons. The van der Waals surface area contributed by atoms with Crippen molar-refractivity contribution in [1.82, 2.24) is 0 Å². The maximum absolute atomic E-state index is 13.0. The molecule has 0 N–H and O–H groups in total. The van der Waals surface area contributed by atoms with E-state index in [4.69, 9.17) is 9.47 Å². The average molecular weight is 396 g/mol. The van der Waals surface area contributed by atoms with Crippen molar-refractivity contribution in [3.05, 3.63) is 64.3 Å². The number of benzene rings is 2. The molecule has 28 heavy (non-hydrogen) atoms. The highest BCUT2D eigenvalue weighted by molar-refractivity contribution is 7.24. The second-order valence-electron chi connectivity index (χ2n) is 6.39. The molecule has 0 saturated carbocycles. The highest BCUT2D eigenvalue weighted by Gasteiger charge is 2.16. The highest BCUT2D eigenvalue weighted by Crippen LogP contribution is 2.32. The molecule has 5 nitrogen and oxygen atoms in total. The zero-order valence-corrected chi connectivity index (χ0v) is 16.6. The van der Waals surface area contributed by atoms with Gasteiger partial charge in [0.05, 0.1) is 11.8 Å². The molecule has 0 saturated heterocycles. The van der Waals surface area contributed by atoms with E-state index in [2.05, 4.69) is 6.58 Å². The SMILES string of the molecule is C=C(C)C(=O)OCCC(=O)Oc1cc(CC)cc2sc3ccccc3c(=O)c12. The van der Waals surface area contributed by atoms with E-state index in [0.717, 1.165) is 21.4 Å². The third kappa shape index (κ3) is 4.12. The minimum absolute atomic E-state index is 0.105. The maximum Gasteiger partial charge on any atom is 0.333 e. The van der Waals surface area contributed by atoms with Gasteiger partial charge in [-0.2, -0.15) is 0 Å². The van der Waals surface area contributed by atoms with Crippen LogP contribution in [0.5, 0.6) is 5.75 Å². The second-order valence-corrected chi connectivity index (χ2v) is 7.47. The van der Waals surface area contributed by atoms with Crippen LogP contribution in [-0.2, 0) is 20.7 Å². The highest BCUT2D eigenvalue weighted by atomic mass is 32.1. The van der Waals surface area contributed by atoms with Crippen molar-refractivity contribution in [3.63, 3.8) is 0 Å². The number of ether oxygens (including phenoxy) is 2. The van der Waals surface area contributed by atoms with E-state index < -0.39 is 11.9 Å². The first-order chi connectivity index (χ1) is 13.4. The van der Waals surface area contributed by atoms with Crippen molar-refractivity contribution < 1.29 is 19.1 Å². The molecule has 0 aliphatic rings. The number of carbonyl (C=O) groups is 2. The zero-order chi connectivity index (χ0) is 20.3. The first kappa shape index (κ1) is 19.8. The fraction of sp³-hybridized carbons (Fsp3) is 0.227. The summed E-state index contributed by atoms with van der Waals surface area (Å²) in [6.45, 7) is 6.90. The van der Waals surface area contributed by atoms with Gasteiger partial charge in [-0.15, -0.1) is 11.3 Å². The molecule has 0 spiro atoms. The van der Waals surface area contributed by atoms with Crippen LogP contribution in [0.25, 0.3) is 20.2 Å². The minimum atomic E-state index is -0.568. The van der Waals surface area contributed by atoms with Gasteiger partial charge in [0.2, 0.25) is 0 Å². The van der Waals surface area contributed by atoms with Gasteiger partial charge in [0.15, 0.2) is 5.43 Å². The number of carbonyl (C=O) groups excluding carboxylic acids is 2. The van der Waals surface area contributed by atoms with Crippen molar-refractivity contribution in [2.45, 2.75) is 26.7 Å². The van der Waals surface area contributed by atoms with Crippen LogP contribution in [0.3, 0.4) is 0 Å². The predicted molar refractivity (Wildman–Crippen MR) is 111 cm³/mol. The Labute approximate surface area is 166 Å². The Kier molecular flexibility index (Phi) is 5.90. The molecule has 1 aromatic heterocycles. The topological polar surface area (TPSA) is 69.7 Å². The lowest BCUT2D eigenvalue weighted by Gasteiger charge is -2.11. The largest absolute Gasteiger partial charge is 0.462 e. The molecular formula is C22H20O5S. The van der Waals surface area contributed by atoms with Crippen molar-refractivity contribution in [1.29, 1.82) is 0 Å². The van der Waals surface area contributed by atoms with Gasteiger partial charge in [0.25, 0.3) is 0 Å².